The standard InChI is InChI=1S/C16H20F2N6O/c1-23-7-5-10(22-23)9-8-24(11-4-2-3-6-16(11,17)18)15(25)12(13(9)19)14(20)21/h5,7-8,11H,2-4,6,19H2,1H3,(H3,20,21)/p+1. The van der Waals surface area contributed by atoms with Crippen LogP contribution in [0.15, 0.2) is 23.3 Å². The molecule has 1 saturated carbocycles. The molecule has 1 fully saturated rings. The Morgan fingerprint density at radius 2 is 2.16 bits per heavy atom. The second kappa shape index (κ2) is 5.98. The van der Waals surface area contributed by atoms with Gasteiger partial charge in [-0.25, -0.2) is 8.78 Å². The molecule has 0 spiro atoms. The van der Waals surface area contributed by atoms with E-state index in [0.717, 1.165) is 4.57 Å². The Hall–Kier alpha value is -2.71. The Balaban J connectivity index is 2.27. The fraction of sp³-hybridized carbons (Fsp3) is 0.438. The molecule has 2 heterocycles. The molecule has 1 aliphatic carbocycles. The first-order chi connectivity index (χ1) is 11.7. The SMILES string of the molecule is Cn1ccc(-c2cn(C3CCCCC3(F)F)c(=O)c(C(N)=[NH2+])c2N)n1. The summed E-state index contributed by atoms with van der Waals surface area (Å²) in [5, 5.41) is 9.86. The summed E-state index contributed by atoms with van der Waals surface area (Å²) in [6.07, 6.45) is 4.02. The van der Waals surface area contributed by atoms with Crippen LogP contribution in [-0.2, 0) is 7.05 Å². The summed E-state index contributed by atoms with van der Waals surface area (Å²) >= 11 is 0. The van der Waals surface area contributed by atoms with E-state index in [0.29, 0.717) is 24.1 Å². The normalized spacial score (nSPS) is 19.7. The first kappa shape index (κ1) is 17.1. The van der Waals surface area contributed by atoms with Crippen LogP contribution < -0.4 is 22.4 Å². The van der Waals surface area contributed by atoms with Crippen LogP contribution in [0.25, 0.3) is 11.3 Å². The number of pyridine rings is 1. The lowest BCUT2D eigenvalue weighted by Crippen LogP contribution is -2.51. The average molecular weight is 351 g/mol. The van der Waals surface area contributed by atoms with E-state index in [4.69, 9.17) is 16.9 Å². The van der Waals surface area contributed by atoms with Gasteiger partial charge in [0.15, 0.2) is 5.56 Å². The van der Waals surface area contributed by atoms with Gasteiger partial charge >= 0.3 is 0 Å². The molecule has 1 unspecified atom stereocenters. The van der Waals surface area contributed by atoms with E-state index in [-0.39, 0.29) is 29.9 Å². The Kier molecular flexibility index (Phi) is 4.09. The third kappa shape index (κ3) is 2.90. The molecule has 0 aromatic carbocycles. The highest BCUT2D eigenvalue weighted by atomic mass is 19.3. The van der Waals surface area contributed by atoms with Gasteiger partial charge in [0, 0.05) is 31.4 Å². The fourth-order valence-corrected chi connectivity index (χ4v) is 3.34. The summed E-state index contributed by atoms with van der Waals surface area (Å²) < 4.78 is 31.4. The first-order valence-corrected chi connectivity index (χ1v) is 8.03. The van der Waals surface area contributed by atoms with E-state index in [2.05, 4.69) is 5.10 Å². The van der Waals surface area contributed by atoms with E-state index in [9.17, 15) is 13.6 Å². The molecule has 0 aliphatic heterocycles. The molecule has 2 aromatic rings. The number of nitrogens with two attached hydrogens (primary N) is 3. The number of hydrogen-bond donors (Lipinski definition) is 3. The van der Waals surface area contributed by atoms with Gasteiger partial charge in [0.2, 0.25) is 0 Å². The Labute approximate surface area is 142 Å². The molecule has 2 aromatic heterocycles. The van der Waals surface area contributed by atoms with Crippen molar-refractivity contribution in [2.45, 2.75) is 37.6 Å². The monoisotopic (exact) mass is 351 g/mol. The van der Waals surface area contributed by atoms with Crippen LogP contribution in [0, 0.1) is 0 Å². The number of alkyl halides is 2. The highest BCUT2D eigenvalue weighted by molar-refractivity contribution is 6.00. The van der Waals surface area contributed by atoms with Crippen molar-refractivity contribution in [2.75, 3.05) is 5.73 Å². The molecule has 1 aliphatic rings. The zero-order valence-electron chi connectivity index (χ0n) is 13.9. The fourth-order valence-electron chi connectivity index (χ4n) is 3.34. The lowest BCUT2D eigenvalue weighted by atomic mass is 9.90. The highest BCUT2D eigenvalue weighted by Crippen LogP contribution is 2.41. The maximum Gasteiger partial charge on any atom is 0.278 e. The minimum Gasteiger partial charge on any atom is -0.397 e. The summed E-state index contributed by atoms with van der Waals surface area (Å²) in [7, 11) is 1.72. The van der Waals surface area contributed by atoms with Crippen molar-refractivity contribution < 1.29 is 14.2 Å². The van der Waals surface area contributed by atoms with Gasteiger partial charge in [-0.15, -0.1) is 0 Å². The van der Waals surface area contributed by atoms with Gasteiger partial charge in [-0.3, -0.25) is 20.6 Å². The van der Waals surface area contributed by atoms with Gasteiger partial charge in [0.1, 0.15) is 6.04 Å². The number of hydrogen-bond acceptors (Lipinski definition) is 3. The number of aryl methyl sites for hydroxylation is 1. The Morgan fingerprint density at radius 3 is 2.72 bits per heavy atom. The third-order valence-corrected chi connectivity index (χ3v) is 4.62. The molecule has 0 radical (unpaired) electrons. The van der Waals surface area contributed by atoms with Crippen LogP contribution in [0.2, 0.25) is 0 Å². The summed E-state index contributed by atoms with van der Waals surface area (Å²) in [6.45, 7) is 0. The van der Waals surface area contributed by atoms with Crippen molar-refractivity contribution in [3.63, 3.8) is 0 Å². The van der Waals surface area contributed by atoms with Crippen molar-refractivity contribution in [1.82, 2.24) is 14.3 Å². The van der Waals surface area contributed by atoms with Crippen molar-refractivity contribution in [3.8, 4) is 11.3 Å². The molecule has 3 rings (SSSR count). The second-order valence-corrected chi connectivity index (χ2v) is 6.40. The molecule has 0 amide bonds. The van der Waals surface area contributed by atoms with Crippen molar-refractivity contribution in [1.29, 1.82) is 0 Å². The zero-order chi connectivity index (χ0) is 18.4. The van der Waals surface area contributed by atoms with E-state index in [1.54, 1.807) is 24.0 Å². The lowest BCUT2D eigenvalue weighted by Gasteiger charge is -2.33. The predicted octanol–water partition coefficient (Wildman–Crippen LogP) is 0.0458. The molecule has 134 valence electrons. The molecule has 7 nitrogen and oxygen atoms in total. The topological polar surface area (TPSA) is 117 Å². The Bertz CT molecular complexity index is 885. The number of anilines is 1. The molecule has 6 N–H and O–H groups in total. The van der Waals surface area contributed by atoms with Crippen LogP contribution in [0.1, 0.15) is 37.3 Å². The van der Waals surface area contributed by atoms with Crippen LogP contribution in [0.3, 0.4) is 0 Å². The van der Waals surface area contributed by atoms with Gasteiger partial charge in [0.05, 0.1) is 11.4 Å². The highest BCUT2D eigenvalue weighted by Gasteiger charge is 2.43. The molecular formula is C16H21F2N6O+. The smallest absolute Gasteiger partial charge is 0.278 e. The quantitative estimate of drug-likeness (QED) is 0.535. The average Bonchev–Trinajstić information content (AvgIpc) is 2.94. The number of rotatable bonds is 3. The molecule has 1 atom stereocenters. The van der Waals surface area contributed by atoms with Crippen molar-refractivity contribution in [2.24, 2.45) is 12.8 Å². The van der Waals surface area contributed by atoms with Crippen molar-refractivity contribution >= 4 is 11.5 Å². The molecule has 0 saturated heterocycles. The maximum atomic E-state index is 14.4. The largest absolute Gasteiger partial charge is 0.397 e. The predicted molar refractivity (Wildman–Crippen MR) is 90.0 cm³/mol. The molecule has 0 bridgehead atoms. The number of halogens is 2. The van der Waals surface area contributed by atoms with Gasteiger partial charge in [-0.2, -0.15) is 5.10 Å². The second-order valence-electron chi connectivity index (χ2n) is 6.40. The number of nitrogen functional groups attached to an aromatic ring is 1. The van der Waals surface area contributed by atoms with Crippen molar-refractivity contribution in [3.05, 3.63) is 34.4 Å². The summed E-state index contributed by atoms with van der Waals surface area (Å²) in [4.78, 5) is 12.8. The van der Waals surface area contributed by atoms with Crippen LogP contribution in [0.4, 0.5) is 14.5 Å². The zero-order valence-corrected chi connectivity index (χ0v) is 13.9. The summed E-state index contributed by atoms with van der Waals surface area (Å²) in [6, 6.07) is 0.422. The van der Waals surface area contributed by atoms with Crippen LogP contribution >= 0.6 is 0 Å². The van der Waals surface area contributed by atoms with Gasteiger partial charge in [-0.05, 0) is 18.9 Å². The first-order valence-electron chi connectivity index (χ1n) is 8.03. The summed E-state index contributed by atoms with van der Waals surface area (Å²) in [5.41, 5.74) is 11.7. The number of aromatic nitrogens is 3. The minimum absolute atomic E-state index is 0.0408. The van der Waals surface area contributed by atoms with Gasteiger partial charge in [0.25, 0.3) is 17.3 Å². The van der Waals surface area contributed by atoms with E-state index in [1.165, 1.54) is 6.20 Å². The van der Waals surface area contributed by atoms with Gasteiger partial charge in [-0.1, -0.05) is 6.42 Å². The van der Waals surface area contributed by atoms with Gasteiger partial charge < -0.3 is 10.3 Å². The minimum atomic E-state index is -2.99. The van der Waals surface area contributed by atoms with E-state index >= 15 is 0 Å². The third-order valence-electron chi connectivity index (χ3n) is 4.62. The maximum absolute atomic E-state index is 14.4. The molecular weight excluding hydrogens is 330 g/mol. The number of amidine groups is 1. The van der Waals surface area contributed by atoms with E-state index in [1.807, 2.05) is 0 Å². The van der Waals surface area contributed by atoms with E-state index < -0.39 is 17.5 Å². The molecule has 25 heavy (non-hydrogen) atoms. The summed E-state index contributed by atoms with van der Waals surface area (Å²) in [5.74, 6) is -3.28. The van der Waals surface area contributed by atoms with Crippen LogP contribution in [0.5, 0.6) is 0 Å². The number of nitrogens with zero attached hydrogens (tertiary/aromatic N) is 3. The van der Waals surface area contributed by atoms with Crippen LogP contribution in [-0.4, -0.2) is 26.1 Å². The Morgan fingerprint density at radius 1 is 1.44 bits per heavy atom. The molecule has 9 heteroatoms. The lowest BCUT2D eigenvalue weighted by molar-refractivity contribution is -0.114.